The van der Waals surface area contributed by atoms with Crippen LogP contribution in [0.5, 0.6) is 0 Å². The maximum atomic E-state index is 12.4. The number of hydrogen-bond acceptors (Lipinski definition) is 2. The highest BCUT2D eigenvalue weighted by Crippen LogP contribution is 2.14. The van der Waals surface area contributed by atoms with Crippen LogP contribution in [-0.2, 0) is 6.42 Å². The number of benzene rings is 1. The first-order valence-electron chi connectivity index (χ1n) is 6.61. The number of carbonyl (C=O) groups excluding carboxylic acids is 1. The van der Waals surface area contributed by atoms with E-state index >= 15 is 0 Å². The molecule has 0 heterocycles. The van der Waals surface area contributed by atoms with Gasteiger partial charge in [-0.2, -0.15) is 0 Å². The zero-order valence-corrected chi connectivity index (χ0v) is 11.9. The monoisotopic (exact) mass is 248 g/mol. The summed E-state index contributed by atoms with van der Waals surface area (Å²) in [5.74, 6) is 0.121. The van der Waals surface area contributed by atoms with Crippen LogP contribution in [-0.4, -0.2) is 37.5 Å². The molecule has 1 aromatic rings. The molecule has 1 unspecified atom stereocenters. The van der Waals surface area contributed by atoms with E-state index in [-0.39, 0.29) is 11.9 Å². The summed E-state index contributed by atoms with van der Waals surface area (Å²) in [6, 6.07) is 8.15. The second kappa shape index (κ2) is 7.17. The fraction of sp³-hybridized carbons (Fsp3) is 0.533. The maximum Gasteiger partial charge on any atom is 0.254 e. The van der Waals surface area contributed by atoms with Crippen LogP contribution in [0, 0.1) is 0 Å². The van der Waals surface area contributed by atoms with Gasteiger partial charge in [0.15, 0.2) is 0 Å². The Bertz CT molecular complexity index is 390. The molecule has 0 radical (unpaired) electrons. The topological polar surface area (TPSA) is 32.3 Å². The van der Waals surface area contributed by atoms with E-state index in [0.29, 0.717) is 0 Å². The van der Waals surface area contributed by atoms with Gasteiger partial charge in [0.25, 0.3) is 5.91 Å². The Balaban J connectivity index is 2.90. The SMILES string of the molecule is CCC(C)N(C)C(=O)c1ccccc1CCNC. The molecule has 0 bridgehead atoms. The number of likely N-dealkylation sites (N-methyl/N-ethyl adjacent to an activating group) is 1. The average molecular weight is 248 g/mol. The van der Waals surface area contributed by atoms with Crippen LogP contribution >= 0.6 is 0 Å². The van der Waals surface area contributed by atoms with E-state index in [9.17, 15) is 4.79 Å². The summed E-state index contributed by atoms with van der Waals surface area (Å²) in [4.78, 5) is 14.3. The second-order valence-corrected chi connectivity index (χ2v) is 4.68. The van der Waals surface area contributed by atoms with Gasteiger partial charge in [-0.1, -0.05) is 25.1 Å². The molecule has 1 aromatic carbocycles. The number of hydrogen-bond donors (Lipinski definition) is 1. The van der Waals surface area contributed by atoms with Gasteiger partial charge in [0, 0.05) is 18.7 Å². The first kappa shape index (κ1) is 14.7. The summed E-state index contributed by atoms with van der Waals surface area (Å²) < 4.78 is 0. The van der Waals surface area contributed by atoms with E-state index in [1.807, 2.05) is 43.3 Å². The van der Waals surface area contributed by atoms with Gasteiger partial charge in [0.1, 0.15) is 0 Å². The van der Waals surface area contributed by atoms with Gasteiger partial charge in [0.2, 0.25) is 0 Å². The largest absolute Gasteiger partial charge is 0.339 e. The van der Waals surface area contributed by atoms with Crippen LogP contribution in [0.3, 0.4) is 0 Å². The zero-order chi connectivity index (χ0) is 13.5. The molecule has 1 atom stereocenters. The van der Waals surface area contributed by atoms with Crippen molar-refractivity contribution in [2.45, 2.75) is 32.7 Å². The van der Waals surface area contributed by atoms with Gasteiger partial charge in [-0.3, -0.25) is 4.79 Å². The molecule has 3 nitrogen and oxygen atoms in total. The van der Waals surface area contributed by atoms with Crippen molar-refractivity contribution >= 4 is 5.91 Å². The van der Waals surface area contributed by atoms with Gasteiger partial charge < -0.3 is 10.2 Å². The molecule has 0 fully saturated rings. The van der Waals surface area contributed by atoms with Crippen LogP contribution in [0.2, 0.25) is 0 Å². The predicted octanol–water partition coefficient (Wildman–Crippen LogP) is 2.32. The molecular formula is C15H24N2O. The minimum atomic E-state index is 0.121. The molecule has 0 saturated heterocycles. The lowest BCUT2D eigenvalue weighted by Gasteiger charge is -2.25. The van der Waals surface area contributed by atoms with E-state index < -0.39 is 0 Å². The Morgan fingerprint density at radius 3 is 2.67 bits per heavy atom. The Morgan fingerprint density at radius 1 is 1.39 bits per heavy atom. The molecule has 0 spiro atoms. The van der Waals surface area contributed by atoms with E-state index in [0.717, 1.165) is 30.5 Å². The van der Waals surface area contributed by atoms with Crippen LogP contribution in [0.1, 0.15) is 36.2 Å². The molecule has 0 aromatic heterocycles. The van der Waals surface area contributed by atoms with E-state index in [4.69, 9.17) is 0 Å². The minimum Gasteiger partial charge on any atom is -0.339 e. The van der Waals surface area contributed by atoms with Crippen molar-refractivity contribution in [2.24, 2.45) is 0 Å². The molecule has 0 saturated carbocycles. The second-order valence-electron chi connectivity index (χ2n) is 4.68. The molecule has 1 rings (SSSR count). The minimum absolute atomic E-state index is 0.121. The fourth-order valence-electron chi connectivity index (χ4n) is 1.87. The molecule has 1 amide bonds. The number of rotatable bonds is 6. The Kier molecular flexibility index (Phi) is 5.86. The number of amides is 1. The predicted molar refractivity (Wildman–Crippen MR) is 75.9 cm³/mol. The van der Waals surface area contributed by atoms with Crippen molar-refractivity contribution in [1.29, 1.82) is 0 Å². The summed E-state index contributed by atoms with van der Waals surface area (Å²) in [6.07, 6.45) is 1.85. The summed E-state index contributed by atoms with van der Waals surface area (Å²) in [5, 5.41) is 3.12. The molecule has 0 aliphatic heterocycles. The first-order chi connectivity index (χ1) is 8.61. The van der Waals surface area contributed by atoms with Crippen molar-refractivity contribution in [3.8, 4) is 0 Å². The third-order valence-electron chi connectivity index (χ3n) is 3.46. The lowest BCUT2D eigenvalue weighted by atomic mass is 10.0. The Morgan fingerprint density at radius 2 is 2.06 bits per heavy atom. The highest BCUT2D eigenvalue weighted by atomic mass is 16.2. The quantitative estimate of drug-likeness (QED) is 0.838. The van der Waals surface area contributed by atoms with Gasteiger partial charge in [-0.25, -0.2) is 0 Å². The smallest absolute Gasteiger partial charge is 0.254 e. The number of nitrogens with zero attached hydrogens (tertiary/aromatic N) is 1. The average Bonchev–Trinajstić information content (AvgIpc) is 2.42. The third-order valence-corrected chi connectivity index (χ3v) is 3.46. The van der Waals surface area contributed by atoms with Crippen molar-refractivity contribution < 1.29 is 4.79 Å². The normalized spacial score (nSPS) is 12.2. The lowest BCUT2D eigenvalue weighted by molar-refractivity contribution is 0.0739. The van der Waals surface area contributed by atoms with Crippen LogP contribution in [0.4, 0.5) is 0 Å². The van der Waals surface area contributed by atoms with Crippen molar-refractivity contribution in [3.05, 3.63) is 35.4 Å². The summed E-state index contributed by atoms with van der Waals surface area (Å²) in [7, 11) is 3.81. The molecule has 3 heteroatoms. The highest BCUT2D eigenvalue weighted by molar-refractivity contribution is 5.95. The maximum absolute atomic E-state index is 12.4. The molecular weight excluding hydrogens is 224 g/mol. The highest BCUT2D eigenvalue weighted by Gasteiger charge is 2.18. The molecule has 100 valence electrons. The number of carbonyl (C=O) groups is 1. The van der Waals surface area contributed by atoms with Gasteiger partial charge in [0.05, 0.1) is 0 Å². The Hall–Kier alpha value is -1.35. The van der Waals surface area contributed by atoms with E-state index in [1.165, 1.54) is 0 Å². The van der Waals surface area contributed by atoms with E-state index in [1.54, 1.807) is 0 Å². The van der Waals surface area contributed by atoms with Crippen LogP contribution in [0.15, 0.2) is 24.3 Å². The van der Waals surface area contributed by atoms with Gasteiger partial charge in [-0.15, -0.1) is 0 Å². The molecule has 0 aliphatic rings. The summed E-state index contributed by atoms with van der Waals surface area (Å²) >= 11 is 0. The van der Waals surface area contributed by atoms with Crippen molar-refractivity contribution in [3.63, 3.8) is 0 Å². The standard InChI is InChI=1S/C15H24N2O/c1-5-12(2)17(4)15(18)14-9-7-6-8-13(14)10-11-16-3/h6-9,12,16H,5,10-11H2,1-4H3. The summed E-state index contributed by atoms with van der Waals surface area (Å²) in [5.41, 5.74) is 1.95. The van der Waals surface area contributed by atoms with Crippen LogP contribution < -0.4 is 5.32 Å². The Labute approximate surface area is 110 Å². The molecule has 0 aliphatic carbocycles. The van der Waals surface area contributed by atoms with Crippen molar-refractivity contribution in [2.75, 3.05) is 20.6 Å². The van der Waals surface area contributed by atoms with Crippen LogP contribution in [0.25, 0.3) is 0 Å². The zero-order valence-electron chi connectivity index (χ0n) is 11.9. The van der Waals surface area contributed by atoms with Crippen molar-refractivity contribution in [1.82, 2.24) is 10.2 Å². The molecule has 18 heavy (non-hydrogen) atoms. The lowest BCUT2D eigenvalue weighted by Crippen LogP contribution is -2.35. The summed E-state index contributed by atoms with van der Waals surface area (Å²) in [6.45, 7) is 5.06. The number of nitrogens with one attached hydrogen (secondary N) is 1. The van der Waals surface area contributed by atoms with Gasteiger partial charge in [-0.05, 0) is 45.0 Å². The van der Waals surface area contributed by atoms with E-state index in [2.05, 4.69) is 19.2 Å². The van der Waals surface area contributed by atoms with Gasteiger partial charge >= 0.3 is 0 Å². The fourth-order valence-corrected chi connectivity index (χ4v) is 1.87. The molecule has 1 N–H and O–H groups in total. The first-order valence-corrected chi connectivity index (χ1v) is 6.61. The third kappa shape index (κ3) is 3.57.